The number of non-ortho nitro benzene ring substituents is 1. The number of nitro groups is 1. The van der Waals surface area contributed by atoms with Crippen molar-refractivity contribution in [3.63, 3.8) is 0 Å². The molecule has 0 aliphatic heterocycles. The van der Waals surface area contributed by atoms with Crippen molar-refractivity contribution in [2.24, 2.45) is 5.92 Å². The normalized spacial score (nSPS) is 20.2. The van der Waals surface area contributed by atoms with E-state index in [1.807, 2.05) is 0 Å². The summed E-state index contributed by atoms with van der Waals surface area (Å²) in [6.45, 7) is 2.16. The molecule has 0 unspecified atom stereocenters. The van der Waals surface area contributed by atoms with Crippen LogP contribution in [0.15, 0.2) is 24.3 Å². The highest BCUT2D eigenvalue weighted by Crippen LogP contribution is 2.23. The molecule has 2 aromatic rings. The van der Waals surface area contributed by atoms with E-state index < -0.39 is 4.92 Å². The van der Waals surface area contributed by atoms with E-state index in [1.165, 1.54) is 23.4 Å². The smallest absolute Gasteiger partial charge is 0.269 e. The molecule has 1 saturated carbocycles. The maximum atomic E-state index is 12.2. The van der Waals surface area contributed by atoms with E-state index in [1.54, 1.807) is 12.1 Å². The van der Waals surface area contributed by atoms with Crippen LogP contribution in [0.2, 0.25) is 0 Å². The van der Waals surface area contributed by atoms with Crippen LogP contribution in [0.1, 0.15) is 32.6 Å². The minimum absolute atomic E-state index is 0.00267. The molecule has 1 amide bonds. The second-order valence-corrected chi connectivity index (χ2v) is 6.38. The Bertz CT molecular complexity index is 757. The molecule has 2 atom stereocenters. The summed E-state index contributed by atoms with van der Waals surface area (Å²) in [6, 6.07) is 6.09. The van der Waals surface area contributed by atoms with Crippen LogP contribution in [0.4, 0.5) is 5.69 Å². The van der Waals surface area contributed by atoms with Crippen LogP contribution in [0.3, 0.4) is 0 Å². The predicted molar refractivity (Wildman–Crippen MR) is 89.5 cm³/mol. The number of amides is 1. The lowest BCUT2D eigenvalue weighted by Crippen LogP contribution is -2.42. The molecule has 1 fully saturated rings. The minimum Gasteiger partial charge on any atom is -0.351 e. The molecule has 1 aliphatic carbocycles. The van der Waals surface area contributed by atoms with E-state index in [9.17, 15) is 14.9 Å². The fraction of sp³-hybridized carbons (Fsp3) is 0.500. The summed E-state index contributed by atoms with van der Waals surface area (Å²) in [5.74, 6) is 0.678. The van der Waals surface area contributed by atoms with Gasteiger partial charge in [0, 0.05) is 23.7 Å². The standard InChI is InChI=1S/C16H20N6O3/c1-11-4-2-3-5-14(11)17-15(23)10-21-19-16(18-20-21)12-6-8-13(9-7-12)22(24)25/h6-9,11,14H,2-5,10H2,1H3,(H,17,23)/t11-,14+/m1/s1. The lowest BCUT2D eigenvalue weighted by atomic mass is 9.86. The Hall–Kier alpha value is -2.84. The predicted octanol–water partition coefficient (Wildman–Crippen LogP) is 1.94. The van der Waals surface area contributed by atoms with Crippen molar-refractivity contribution < 1.29 is 9.72 Å². The van der Waals surface area contributed by atoms with E-state index in [-0.39, 0.29) is 24.2 Å². The first-order chi connectivity index (χ1) is 12.0. The minimum atomic E-state index is -0.468. The van der Waals surface area contributed by atoms with E-state index in [0.29, 0.717) is 17.3 Å². The van der Waals surface area contributed by atoms with Gasteiger partial charge in [-0.25, -0.2) is 0 Å². The highest BCUT2D eigenvalue weighted by atomic mass is 16.6. The van der Waals surface area contributed by atoms with Gasteiger partial charge in [-0.15, -0.1) is 10.2 Å². The van der Waals surface area contributed by atoms with Crippen molar-refractivity contribution in [3.05, 3.63) is 34.4 Å². The van der Waals surface area contributed by atoms with Crippen LogP contribution >= 0.6 is 0 Å². The molecule has 25 heavy (non-hydrogen) atoms. The number of nitro benzene ring substituents is 1. The number of rotatable bonds is 5. The zero-order valence-corrected chi connectivity index (χ0v) is 14.0. The largest absolute Gasteiger partial charge is 0.351 e. The van der Waals surface area contributed by atoms with Crippen LogP contribution < -0.4 is 5.32 Å². The number of hydrogen-bond acceptors (Lipinski definition) is 6. The van der Waals surface area contributed by atoms with Crippen molar-refractivity contribution in [2.75, 3.05) is 0 Å². The van der Waals surface area contributed by atoms with Crippen LogP contribution in [-0.4, -0.2) is 37.1 Å². The van der Waals surface area contributed by atoms with Gasteiger partial charge in [0.15, 0.2) is 0 Å². The molecule has 0 radical (unpaired) electrons. The Labute approximate surface area is 144 Å². The first-order valence-corrected chi connectivity index (χ1v) is 8.35. The van der Waals surface area contributed by atoms with Crippen molar-refractivity contribution in [2.45, 2.75) is 45.2 Å². The van der Waals surface area contributed by atoms with Gasteiger partial charge in [0.2, 0.25) is 11.7 Å². The Morgan fingerprint density at radius 2 is 2.04 bits per heavy atom. The van der Waals surface area contributed by atoms with E-state index in [4.69, 9.17) is 0 Å². The number of hydrogen-bond donors (Lipinski definition) is 1. The third kappa shape index (κ3) is 4.17. The molecule has 9 heteroatoms. The summed E-state index contributed by atoms with van der Waals surface area (Å²) in [4.78, 5) is 23.6. The number of carbonyl (C=O) groups is 1. The number of nitrogens with zero attached hydrogens (tertiary/aromatic N) is 5. The SMILES string of the molecule is C[C@@H]1CCCC[C@@H]1NC(=O)Cn1nnc(-c2ccc([N+](=O)[O-])cc2)n1. The van der Waals surface area contributed by atoms with Gasteiger partial charge in [-0.2, -0.15) is 4.80 Å². The number of benzene rings is 1. The average Bonchev–Trinajstić information content (AvgIpc) is 3.05. The summed E-state index contributed by atoms with van der Waals surface area (Å²) in [5.41, 5.74) is 0.607. The number of nitrogens with one attached hydrogen (secondary N) is 1. The molecule has 0 spiro atoms. The van der Waals surface area contributed by atoms with E-state index in [2.05, 4.69) is 27.7 Å². The van der Waals surface area contributed by atoms with Gasteiger partial charge in [-0.05, 0) is 36.1 Å². The Morgan fingerprint density at radius 3 is 2.72 bits per heavy atom. The maximum Gasteiger partial charge on any atom is 0.269 e. The van der Waals surface area contributed by atoms with Gasteiger partial charge in [-0.3, -0.25) is 14.9 Å². The molecule has 0 bridgehead atoms. The molecule has 1 aromatic carbocycles. The summed E-state index contributed by atoms with van der Waals surface area (Å²) in [7, 11) is 0. The maximum absolute atomic E-state index is 12.2. The monoisotopic (exact) mass is 344 g/mol. The van der Waals surface area contributed by atoms with Crippen molar-refractivity contribution in [1.82, 2.24) is 25.5 Å². The fourth-order valence-corrected chi connectivity index (χ4v) is 3.07. The molecular weight excluding hydrogens is 324 g/mol. The second kappa shape index (κ2) is 7.37. The molecule has 3 rings (SSSR count). The topological polar surface area (TPSA) is 116 Å². The van der Waals surface area contributed by atoms with E-state index >= 15 is 0 Å². The number of tetrazole rings is 1. The Balaban J connectivity index is 1.61. The van der Waals surface area contributed by atoms with Gasteiger partial charge in [0.1, 0.15) is 6.54 Å². The highest BCUT2D eigenvalue weighted by molar-refractivity contribution is 5.75. The molecule has 132 valence electrons. The van der Waals surface area contributed by atoms with Crippen molar-refractivity contribution in [3.8, 4) is 11.4 Å². The first kappa shape index (κ1) is 17.0. The van der Waals surface area contributed by atoms with Crippen molar-refractivity contribution >= 4 is 11.6 Å². The van der Waals surface area contributed by atoms with Crippen LogP contribution in [0.5, 0.6) is 0 Å². The van der Waals surface area contributed by atoms with Crippen LogP contribution in [0.25, 0.3) is 11.4 Å². The fourth-order valence-electron chi connectivity index (χ4n) is 3.07. The molecule has 1 aromatic heterocycles. The van der Waals surface area contributed by atoms with Gasteiger partial charge >= 0.3 is 0 Å². The third-order valence-electron chi connectivity index (χ3n) is 4.53. The van der Waals surface area contributed by atoms with Crippen LogP contribution in [0, 0.1) is 16.0 Å². The molecule has 0 saturated heterocycles. The second-order valence-electron chi connectivity index (χ2n) is 6.38. The van der Waals surface area contributed by atoms with Gasteiger partial charge < -0.3 is 5.32 Å². The first-order valence-electron chi connectivity index (χ1n) is 8.35. The average molecular weight is 344 g/mol. The number of aromatic nitrogens is 4. The number of carbonyl (C=O) groups excluding carboxylic acids is 1. The molecule has 1 heterocycles. The highest BCUT2D eigenvalue weighted by Gasteiger charge is 2.23. The van der Waals surface area contributed by atoms with Crippen LogP contribution in [-0.2, 0) is 11.3 Å². The zero-order valence-electron chi connectivity index (χ0n) is 14.0. The van der Waals surface area contributed by atoms with Gasteiger partial charge in [-0.1, -0.05) is 19.8 Å². The Kier molecular flexibility index (Phi) is 5.01. The van der Waals surface area contributed by atoms with Crippen molar-refractivity contribution in [1.29, 1.82) is 0 Å². The van der Waals surface area contributed by atoms with Gasteiger partial charge in [0.05, 0.1) is 4.92 Å². The quantitative estimate of drug-likeness (QED) is 0.654. The lowest BCUT2D eigenvalue weighted by molar-refractivity contribution is -0.384. The lowest BCUT2D eigenvalue weighted by Gasteiger charge is -2.29. The summed E-state index contributed by atoms with van der Waals surface area (Å²) >= 11 is 0. The third-order valence-corrected chi connectivity index (χ3v) is 4.53. The molecule has 1 N–H and O–H groups in total. The van der Waals surface area contributed by atoms with E-state index in [0.717, 1.165) is 19.3 Å². The zero-order chi connectivity index (χ0) is 17.8. The molecule has 1 aliphatic rings. The summed E-state index contributed by atoms with van der Waals surface area (Å²) < 4.78 is 0. The summed E-state index contributed by atoms with van der Waals surface area (Å²) in [6.07, 6.45) is 4.50. The summed E-state index contributed by atoms with van der Waals surface area (Å²) in [5, 5.41) is 25.7. The molecule has 9 nitrogen and oxygen atoms in total. The Morgan fingerprint density at radius 1 is 1.32 bits per heavy atom. The van der Waals surface area contributed by atoms with Gasteiger partial charge in [0.25, 0.3) is 5.69 Å². The molecular formula is C16H20N6O3.